The molecule has 32 heavy (non-hydrogen) atoms. The summed E-state index contributed by atoms with van der Waals surface area (Å²) in [5, 5.41) is 19.0. The van der Waals surface area contributed by atoms with E-state index >= 15 is 0 Å². The molecule has 1 saturated carbocycles. The first-order valence-electron chi connectivity index (χ1n) is 10.2. The van der Waals surface area contributed by atoms with Crippen LogP contribution in [0.1, 0.15) is 36.9 Å². The number of halogens is 3. The Morgan fingerprint density at radius 1 is 1.22 bits per heavy atom. The van der Waals surface area contributed by atoms with Crippen LogP contribution >= 0.6 is 0 Å². The van der Waals surface area contributed by atoms with Crippen LogP contribution in [0.4, 0.5) is 24.5 Å². The van der Waals surface area contributed by atoms with Gasteiger partial charge in [-0.1, -0.05) is 18.2 Å². The van der Waals surface area contributed by atoms with E-state index < -0.39 is 29.9 Å². The standard InChI is InChI=1S/C23H23F3N4O2/c1-13(15-9-16(23(24,25)26)11-17(27)10-15)28-22(32)21-19(14-7-8-14)12-20(31)30(29-21)18-5-3-2-4-6-18/h2-6,9-14,20,31H,7-8,27H2,1H3,(H,28,32)/t13-,20?/m1/s1. The summed E-state index contributed by atoms with van der Waals surface area (Å²) < 4.78 is 39.5. The van der Waals surface area contributed by atoms with Gasteiger partial charge in [0.05, 0.1) is 17.3 Å². The van der Waals surface area contributed by atoms with E-state index in [1.165, 1.54) is 11.1 Å². The van der Waals surface area contributed by atoms with Crippen LogP contribution in [0.3, 0.4) is 0 Å². The minimum absolute atomic E-state index is 0.0390. The zero-order chi connectivity index (χ0) is 23.0. The molecule has 4 N–H and O–H groups in total. The van der Waals surface area contributed by atoms with Crippen LogP contribution in [0, 0.1) is 5.92 Å². The highest BCUT2D eigenvalue weighted by Gasteiger charge is 2.37. The van der Waals surface area contributed by atoms with Gasteiger partial charge in [-0.2, -0.15) is 18.3 Å². The fourth-order valence-electron chi connectivity index (χ4n) is 3.66. The van der Waals surface area contributed by atoms with Crippen LogP contribution in [-0.2, 0) is 11.0 Å². The van der Waals surface area contributed by atoms with Gasteiger partial charge in [0.1, 0.15) is 0 Å². The molecule has 1 fully saturated rings. The number of carbonyl (C=O) groups is 1. The number of hydrogen-bond donors (Lipinski definition) is 3. The highest BCUT2D eigenvalue weighted by atomic mass is 19.4. The zero-order valence-electron chi connectivity index (χ0n) is 17.3. The van der Waals surface area contributed by atoms with Crippen LogP contribution in [0.2, 0.25) is 0 Å². The number of aliphatic hydroxyl groups excluding tert-OH is 1. The van der Waals surface area contributed by atoms with Crippen LogP contribution in [-0.4, -0.2) is 23.0 Å². The van der Waals surface area contributed by atoms with E-state index in [4.69, 9.17) is 5.73 Å². The summed E-state index contributed by atoms with van der Waals surface area (Å²) in [4.78, 5) is 13.1. The van der Waals surface area contributed by atoms with E-state index in [9.17, 15) is 23.1 Å². The Morgan fingerprint density at radius 3 is 2.53 bits per heavy atom. The number of amides is 1. The van der Waals surface area contributed by atoms with Gasteiger partial charge >= 0.3 is 6.18 Å². The Balaban J connectivity index is 1.61. The molecule has 0 saturated heterocycles. The van der Waals surface area contributed by atoms with E-state index in [0.29, 0.717) is 11.3 Å². The quantitative estimate of drug-likeness (QED) is 0.608. The number of nitrogens with one attached hydrogen (secondary N) is 1. The van der Waals surface area contributed by atoms with Crippen molar-refractivity contribution in [2.24, 2.45) is 11.0 Å². The lowest BCUT2D eigenvalue weighted by Gasteiger charge is -2.29. The zero-order valence-corrected chi connectivity index (χ0v) is 17.3. The molecule has 6 nitrogen and oxygen atoms in total. The topological polar surface area (TPSA) is 91.0 Å². The summed E-state index contributed by atoms with van der Waals surface area (Å²) in [6.45, 7) is 1.58. The van der Waals surface area contributed by atoms with Gasteiger partial charge in [0.15, 0.2) is 11.9 Å². The number of anilines is 2. The monoisotopic (exact) mass is 444 g/mol. The van der Waals surface area contributed by atoms with Gasteiger partial charge in [0.25, 0.3) is 5.91 Å². The maximum absolute atomic E-state index is 13.2. The number of aliphatic hydroxyl groups is 1. The molecule has 1 heterocycles. The summed E-state index contributed by atoms with van der Waals surface area (Å²) in [5.74, 6) is -0.397. The summed E-state index contributed by atoms with van der Waals surface area (Å²) in [6, 6.07) is 11.4. The molecular formula is C23H23F3N4O2. The number of benzene rings is 2. The number of hydrogen-bond acceptors (Lipinski definition) is 5. The molecule has 168 valence electrons. The summed E-state index contributed by atoms with van der Waals surface area (Å²) >= 11 is 0. The van der Waals surface area contributed by atoms with Crippen molar-refractivity contribution in [3.8, 4) is 0 Å². The number of nitrogens with zero attached hydrogens (tertiary/aromatic N) is 2. The number of alkyl halides is 3. The maximum Gasteiger partial charge on any atom is 0.416 e. The molecule has 1 unspecified atom stereocenters. The second kappa shape index (κ2) is 8.31. The highest BCUT2D eigenvalue weighted by Crippen LogP contribution is 2.39. The summed E-state index contributed by atoms with van der Waals surface area (Å²) in [5.41, 5.74) is 6.38. The maximum atomic E-state index is 13.2. The van der Waals surface area contributed by atoms with Crippen molar-refractivity contribution in [1.82, 2.24) is 5.32 Å². The Labute approximate surface area is 183 Å². The van der Waals surface area contributed by atoms with Crippen LogP contribution < -0.4 is 16.1 Å². The lowest BCUT2D eigenvalue weighted by molar-refractivity contribution is -0.137. The number of hydrazone groups is 1. The van der Waals surface area contributed by atoms with Crippen molar-refractivity contribution < 1.29 is 23.1 Å². The van der Waals surface area contributed by atoms with Crippen molar-refractivity contribution in [3.63, 3.8) is 0 Å². The molecule has 2 aliphatic rings. The third kappa shape index (κ3) is 4.62. The Morgan fingerprint density at radius 2 is 1.91 bits per heavy atom. The lowest BCUT2D eigenvalue weighted by atomic mass is 10.0. The average molecular weight is 444 g/mol. The van der Waals surface area contributed by atoms with Gasteiger partial charge in [-0.15, -0.1) is 0 Å². The Kier molecular flexibility index (Phi) is 5.68. The van der Waals surface area contributed by atoms with E-state index in [-0.39, 0.29) is 22.9 Å². The van der Waals surface area contributed by atoms with E-state index in [1.807, 2.05) is 6.07 Å². The number of nitrogens with two attached hydrogens (primary N) is 1. The lowest BCUT2D eigenvalue weighted by Crippen LogP contribution is -2.42. The number of para-hydroxylation sites is 1. The molecule has 9 heteroatoms. The first-order valence-corrected chi connectivity index (χ1v) is 10.2. The first-order chi connectivity index (χ1) is 15.1. The fraction of sp³-hybridized carbons (Fsp3) is 0.304. The predicted octanol–water partition coefficient (Wildman–Crippen LogP) is 4.00. The second-order valence-electron chi connectivity index (χ2n) is 8.02. The van der Waals surface area contributed by atoms with Gasteiger partial charge in [0, 0.05) is 5.69 Å². The molecule has 0 aromatic heterocycles. The number of rotatable bonds is 5. The van der Waals surface area contributed by atoms with Gasteiger partial charge in [-0.05, 0) is 73.2 Å². The molecule has 1 aliphatic heterocycles. The SMILES string of the molecule is C[C@@H](NC(=O)C1=NN(c2ccccc2)C(O)C=C1C1CC1)c1cc(N)cc(C(F)(F)F)c1. The fourth-order valence-corrected chi connectivity index (χ4v) is 3.66. The molecule has 0 radical (unpaired) electrons. The third-order valence-corrected chi connectivity index (χ3v) is 5.47. The normalized spacial score (nSPS) is 19.8. The van der Waals surface area contributed by atoms with E-state index in [0.717, 1.165) is 25.0 Å². The van der Waals surface area contributed by atoms with Crippen molar-refractivity contribution in [2.75, 3.05) is 10.7 Å². The molecule has 1 amide bonds. The number of carbonyl (C=O) groups excluding carboxylic acids is 1. The second-order valence-corrected chi connectivity index (χ2v) is 8.02. The number of nitrogen functional groups attached to an aromatic ring is 1. The van der Waals surface area contributed by atoms with Crippen molar-refractivity contribution in [3.05, 3.63) is 71.3 Å². The van der Waals surface area contributed by atoms with Gasteiger partial charge in [0.2, 0.25) is 0 Å². The Hall–Kier alpha value is -3.33. The van der Waals surface area contributed by atoms with Gasteiger partial charge < -0.3 is 16.2 Å². The minimum atomic E-state index is -4.55. The predicted molar refractivity (Wildman–Crippen MR) is 116 cm³/mol. The van der Waals surface area contributed by atoms with E-state index in [2.05, 4.69) is 10.4 Å². The molecule has 2 aromatic carbocycles. The van der Waals surface area contributed by atoms with Gasteiger partial charge in [-0.25, -0.2) is 5.01 Å². The van der Waals surface area contributed by atoms with Crippen molar-refractivity contribution >= 4 is 23.0 Å². The molecule has 0 bridgehead atoms. The largest absolute Gasteiger partial charge is 0.416 e. The Bertz CT molecular complexity index is 1080. The minimum Gasteiger partial charge on any atom is -0.399 e. The molecule has 0 spiro atoms. The van der Waals surface area contributed by atoms with Crippen LogP contribution in [0.15, 0.2) is 65.3 Å². The van der Waals surface area contributed by atoms with Crippen LogP contribution in [0.5, 0.6) is 0 Å². The van der Waals surface area contributed by atoms with Crippen molar-refractivity contribution in [2.45, 2.75) is 38.2 Å². The molecular weight excluding hydrogens is 421 g/mol. The van der Waals surface area contributed by atoms with Gasteiger partial charge in [-0.3, -0.25) is 4.79 Å². The smallest absolute Gasteiger partial charge is 0.399 e. The van der Waals surface area contributed by atoms with Crippen molar-refractivity contribution in [1.29, 1.82) is 0 Å². The van der Waals surface area contributed by atoms with E-state index in [1.54, 1.807) is 37.3 Å². The average Bonchev–Trinajstić information content (AvgIpc) is 3.58. The molecule has 4 rings (SSSR count). The van der Waals surface area contributed by atoms with Crippen LogP contribution in [0.25, 0.3) is 0 Å². The summed E-state index contributed by atoms with van der Waals surface area (Å²) in [6.07, 6.45) is -2.19. The molecule has 2 atom stereocenters. The third-order valence-electron chi connectivity index (χ3n) is 5.47. The first kappa shape index (κ1) is 21.9. The highest BCUT2D eigenvalue weighted by molar-refractivity contribution is 6.46. The summed E-state index contributed by atoms with van der Waals surface area (Å²) in [7, 11) is 0. The molecule has 2 aromatic rings. The molecule has 1 aliphatic carbocycles.